The molecule has 158 valence electrons. The third-order valence-electron chi connectivity index (χ3n) is 7.43. The first-order valence-corrected chi connectivity index (χ1v) is 18.1. The van der Waals surface area contributed by atoms with Crippen molar-refractivity contribution >= 4 is 8.32 Å². The number of rotatable bonds is 7. The van der Waals surface area contributed by atoms with E-state index in [0.717, 1.165) is 0 Å². The third kappa shape index (κ3) is 5.76. The van der Waals surface area contributed by atoms with Gasteiger partial charge in [-0.05, 0) is 0 Å². The zero-order valence-corrected chi connectivity index (χ0v) is 21.1. The second kappa shape index (κ2) is 10.3. The Balaban J connectivity index is 1.96. The van der Waals surface area contributed by atoms with Gasteiger partial charge in [0.15, 0.2) is 0 Å². The molecule has 3 saturated carbocycles. The van der Waals surface area contributed by atoms with E-state index in [0.29, 0.717) is 16.6 Å². The van der Waals surface area contributed by atoms with E-state index in [1.54, 1.807) is 0 Å². The summed E-state index contributed by atoms with van der Waals surface area (Å²) >= 11 is -4.95. The van der Waals surface area contributed by atoms with Gasteiger partial charge in [0.05, 0.1) is 0 Å². The standard InChI is InChI=1S/C18H33OSi.C3H7O.2H2O.Zr/c19-20(16-10-4-1-5-11-16,17-12-6-2-7-13-17)18-14-8-3-9-15-18;1-3(2)4;;;/h16-18H,1-15H2;3H,1-2H3;2*1H2;/q2*-1;;;+4/p-2. The maximum absolute atomic E-state index is 11.0. The number of hydrogen-bond donors (Lipinski definition) is 2. The normalized spacial score (nSPS) is 25.2. The van der Waals surface area contributed by atoms with Crippen molar-refractivity contribution in [1.29, 1.82) is 0 Å². The van der Waals surface area contributed by atoms with Gasteiger partial charge in [-0.3, -0.25) is 0 Å². The third-order valence-corrected chi connectivity index (χ3v) is 20.1. The van der Waals surface area contributed by atoms with Crippen LogP contribution in [0.4, 0.5) is 0 Å². The van der Waals surface area contributed by atoms with E-state index < -0.39 is 30.3 Å². The van der Waals surface area contributed by atoms with Crippen LogP contribution in [0.15, 0.2) is 0 Å². The van der Waals surface area contributed by atoms with Crippen LogP contribution >= 0.6 is 0 Å². The van der Waals surface area contributed by atoms with E-state index in [2.05, 4.69) is 0 Å². The molecule has 0 bridgehead atoms. The molecule has 0 heterocycles. The van der Waals surface area contributed by atoms with Gasteiger partial charge in [0.25, 0.3) is 0 Å². The van der Waals surface area contributed by atoms with Gasteiger partial charge in [0.1, 0.15) is 0 Å². The Kier molecular flexibility index (Phi) is 8.63. The van der Waals surface area contributed by atoms with Crippen molar-refractivity contribution in [2.45, 2.75) is 133 Å². The second-order valence-electron chi connectivity index (χ2n) is 9.68. The Labute approximate surface area is 174 Å². The van der Waals surface area contributed by atoms with E-state index in [1.165, 1.54) is 96.3 Å². The monoisotopic (exact) mass is 476 g/mol. The van der Waals surface area contributed by atoms with E-state index in [-0.39, 0.29) is 6.10 Å². The summed E-state index contributed by atoms with van der Waals surface area (Å²) in [6.45, 7) is 3.79. The van der Waals surface area contributed by atoms with Gasteiger partial charge in [-0.15, -0.1) is 0 Å². The van der Waals surface area contributed by atoms with Crippen molar-refractivity contribution in [3.05, 3.63) is 0 Å². The van der Waals surface area contributed by atoms with Crippen LogP contribution in [0.1, 0.15) is 110 Å². The van der Waals surface area contributed by atoms with Crippen LogP contribution < -0.4 is 0 Å². The van der Waals surface area contributed by atoms with Crippen molar-refractivity contribution in [2.75, 3.05) is 0 Å². The molecule has 3 aliphatic carbocycles. The van der Waals surface area contributed by atoms with Crippen LogP contribution in [-0.4, -0.2) is 20.8 Å². The van der Waals surface area contributed by atoms with E-state index >= 15 is 0 Å². The average Bonchev–Trinajstić information content (AvgIpc) is 2.67. The molecule has 2 N–H and O–H groups in total. The fraction of sp³-hybridized carbons (Fsp3) is 1.00. The Morgan fingerprint density at radius 2 is 1.00 bits per heavy atom. The molecule has 0 aromatic heterocycles. The molecule has 3 rings (SSSR count). The molecule has 27 heavy (non-hydrogen) atoms. The molecule has 0 amide bonds. The molecular weight excluding hydrogens is 436 g/mol. The maximum atomic E-state index is 11.0. The molecule has 0 aliphatic heterocycles. The van der Waals surface area contributed by atoms with Crippen molar-refractivity contribution in [3.63, 3.8) is 0 Å². The van der Waals surface area contributed by atoms with Crippen molar-refractivity contribution in [2.24, 2.45) is 0 Å². The van der Waals surface area contributed by atoms with Crippen molar-refractivity contribution < 1.29 is 33.7 Å². The summed E-state index contributed by atoms with van der Waals surface area (Å²) in [5.74, 6) is 0. The molecule has 0 atom stereocenters. The summed E-state index contributed by atoms with van der Waals surface area (Å²) in [6, 6.07) is 0. The van der Waals surface area contributed by atoms with Gasteiger partial charge in [0.2, 0.25) is 0 Å². The van der Waals surface area contributed by atoms with Crippen molar-refractivity contribution in [3.8, 4) is 0 Å². The second-order valence-corrected chi connectivity index (χ2v) is 18.8. The Bertz CT molecular complexity index is 396. The predicted molar refractivity (Wildman–Crippen MR) is 108 cm³/mol. The van der Waals surface area contributed by atoms with E-state index in [4.69, 9.17) is 5.32 Å². The molecule has 4 nitrogen and oxygen atoms in total. The summed E-state index contributed by atoms with van der Waals surface area (Å²) in [7, 11) is -2.33. The van der Waals surface area contributed by atoms with Crippen molar-refractivity contribution in [1.82, 2.24) is 0 Å². The summed E-state index contributed by atoms with van der Waals surface area (Å²) in [6.07, 6.45) is 19.1. The zero-order chi connectivity index (χ0) is 19.3. The summed E-state index contributed by atoms with van der Waals surface area (Å²) < 4.78 is 34.4. The van der Waals surface area contributed by atoms with Crippen LogP contribution in [0.25, 0.3) is 0 Å². The van der Waals surface area contributed by atoms with Crippen LogP contribution in [-0.2, 0) is 27.3 Å². The van der Waals surface area contributed by atoms with Gasteiger partial charge < -0.3 is 0 Å². The molecule has 0 saturated heterocycles. The number of hydrogen-bond acceptors (Lipinski definition) is 4. The van der Waals surface area contributed by atoms with Crippen LogP contribution in [0.3, 0.4) is 0 Å². The summed E-state index contributed by atoms with van der Waals surface area (Å²) in [5, 5.41) is 0. The zero-order valence-electron chi connectivity index (χ0n) is 17.6. The fourth-order valence-corrected chi connectivity index (χ4v) is 22.4. The molecule has 3 aliphatic rings. The van der Waals surface area contributed by atoms with Gasteiger partial charge in [-0.25, -0.2) is 0 Å². The van der Waals surface area contributed by atoms with E-state index in [1.807, 2.05) is 13.8 Å². The first-order valence-electron chi connectivity index (χ1n) is 11.8. The molecule has 0 spiro atoms. The van der Waals surface area contributed by atoms with Gasteiger partial charge in [-0.1, -0.05) is 0 Å². The van der Waals surface area contributed by atoms with Gasteiger partial charge in [0, 0.05) is 0 Å². The molecule has 0 aromatic carbocycles. The Morgan fingerprint density at radius 3 is 1.30 bits per heavy atom. The quantitative estimate of drug-likeness (QED) is 0.430. The molecule has 0 radical (unpaired) electrons. The minimum atomic E-state index is -4.95. The fourth-order valence-electron chi connectivity index (χ4n) is 6.47. The SMILES string of the molecule is CC(C)[O][Zr]([OH])([OH])[O][Si](C1CCCCC1)(C1CCCCC1)C1CCCCC1. The molecule has 0 aromatic rings. The average molecular weight is 478 g/mol. The van der Waals surface area contributed by atoms with Crippen LogP contribution in [0.5, 0.6) is 0 Å². The van der Waals surface area contributed by atoms with Crippen LogP contribution in [0, 0.1) is 0 Å². The first kappa shape index (κ1) is 22.6. The van der Waals surface area contributed by atoms with Gasteiger partial charge in [-0.2, -0.15) is 0 Å². The summed E-state index contributed by atoms with van der Waals surface area (Å²) in [4.78, 5) is 0. The minimum absolute atomic E-state index is 0.174. The van der Waals surface area contributed by atoms with Gasteiger partial charge >= 0.3 is 175 Å². The van der Waals surface area contributed by atoms with Crippen LogP contribution in [0.2, 0.25) is 16.6 Å². The first-order chi connectivity index (χ1) is 12.9. The molecular formula is C21H42O4SiZr. The van der Waals surface area contributed by atoms with E-state index in [9.17, 15) is 6.37 Å². The Hall–Kier alpha value is 0.940. The molecule has 3 fully saturated rings. The molecule has 6 heteroatoms. The Morgan fingerprint density at radius 1 is 0.667 bits per heavy atom. The topological polar surface area (TPSA) is 58.9 Å². The molecule has 0 unspecified atom stereocenters. The summed E-state index contributed by atoms with van der Waals surface area (Å²) in [5.41, 5.74) is 1.84. The predicted octanol–water partition coefficient (Wildman–Crippen LogP) is 6.17.